The molecule has 0 radical (unpaired) electrons. The zero-order chi connectivity index (χ0) is 18.5. The van der Waals surface area contributed by atoms with Crippen molar-refractivity contribution in [3.8, 4) is 0 Å². The van der Waals surface area contributed by atoms with Crippen molar-refractivity contribution < 1.29 is 14.7 Å². The number of aromatic nitrogens is 1. The summed E-state index contributed by atoms with van der Waals surface area (Å²) in [5.74, 6) is 0.0602. The Labute approximate surface area is 162 Å². The van der Waals surface area contributed by atoms with Crippen LogP contribution >= 0.6 is 23.4 Å². The second kappa shape index (κ2) is 8.39. The molecular formula is C21H19ClNO2S+. The highest BCUT2D eigenvalue weighted by Crippen LogP contribution is 2.35. The lowest BCUT2D eigenvalue weighted by Crippen LogP contribution is -2.32. The van der Waals surface area contributed by atoms with Gasteiger partial charge >= 0.3 is 0 Å². The molecule has 1 heterocycles. The van der Waals surface area contributed by atoms with Gasteiger partial charge in [0.1, 0.15) is 0 Å². The molecular weight excluding hydrogens is 366 g/mol. The molecule has 2 aromatic carbocycles. The lowest BCUT2D eigenvalue weighted by atomic mass is 10.0. The molecule has 0 bridgehead atoms. The minimum Gasteiger partial charge on any atom is -0.298 e. The van der Waals surface area contributed by atoms with Gasteiger partial charge in [-0.05, 0) is 47.5 Å². The predicted molar refractivity (Wildman–Crippen MR) is 104 cm³/mol. The number of ketones is 1. The lowest BCUT2D eigenvalue weighted by Gasteiger charge is -2.14. The number of Topliss-reactive ketones (excluding diaryl/α,β-unsaturated/α-hetero) is 1. The van der Waals surface area contributed by atoms with Crippen LogP contribution in [0.3, 0.4) is 0 Å². The molecule has 132 valence electrons. The van der Waals surface area contributed by atoms with Crippen molar-refractivity contribution in [3.63, 3.8) is 0 Å². The molecule has 0 fully saturated rings. The minimum atomic E-state index is -0.419. The van der Waals surface area contributed by atoms with Gasteiger partial charge in [0.05, 0.1) is 5.25 Å². The van der Waals surface area contributed by atoms with Gasteiger partial charge in [0, 0.05) is 28.3 Å². The highest BCUT2D eigenvalue weighted by Gasteiger charge is 2.26. The lowest BCUT2D eigenvalue weighted by molar-refractivity contribution is -0.932. The average molecular weight is 385 g/mol. The third-order valence-electron chi connectivity index (χ3n) is 4.05. The number of aryl methyl sites for hydroxylation is 1. The summed E-state index contributed by atoms with van der Waals surface area (Å²) < 4.78 is 1.04. The van der Waals surface area contributed by atoms with Gasteiger partial charge in [-0.25, -0.2) is 0 Å². The van der Waals surface area contributed by atoms with E-state index >= 15 is 0 Å². The van der Waals surface area contributed by atoms with E-state index < -0.39 is 5.25 Å². The fourth-order valence-corrected chi connectivity index (χ4v) is 3.90. The van der Waals surface area contributed by atoms with Crippen LogP contribution in [0.15, 0.2) is 78.0 Å². The largest absolute Gasteiger partial charge is 0.298 e. The molecule has 5 heteroatoms. The number of thioether (sulfide) groups is 1. The van der Waals surface area contributed by atoms with Gasteiger partial charge < -0.3 is 0 Å². The standard InChI is InChI=1S/C21H19ClNO2S/c1-15-10-11-16(13-18(15)22)14-19(24)21(17-7-3-2-4-8-17)26-20-9-5-6-12-23(20)25/h2-13,21,25H,14H2,1H3/q+1. The van der Waals surface area contributed by atoms with Gasteiger partial charge in [0.15, 0.2) is 5.78 Å². The normalized spacial score (nSPS) is 11.9. The number of hydrogen-bond acceptors (Lipinski definition) is 3. The highest BCUT2D eigenvalue weighted by molar-refractivity contribution is 8.00. The first-order valence-corrected chi connectivity index (χ1v) is 9.49. The number of pyridine rings is 1. The van der Waals surface area contributed by atoms with Crippen molar-refractivity contribution in [3.05, 3.63) is 94.6 Å². The number of halogens is 1. The molecule has 1 unspecified atom stereocenters. The third kappa shape index (κ3) is 4.45. The van der Waals surface area contributed by atoms with Crippen LogP contribution in [0, 0.1) is 6.92 Å². The van der Waals surface area contributed by atoms with E-state index in [0.717, 1.165) is 21.4 Å². The Bertz CT molecular complexity index is 915. The molecule has 1 N–H and O–H groups in total. The molecule has 0 amide bonds. The Balaban J connectivity index is 1.88. The first kappa shape index (κ1) is 18.5. The summed E-state index contributed by atoms with van der Waals surface area (Å²) in [7, 11) is 0. The van der Waals surface area contributed by atoms with Crippen molar-refractivity contribution in [1.29, 1.82) is 0 Å². The van der Waals surface area contributed by atoms with Crippen LogP contribution in [0.1, 0.15) is 21.9 Å². The van der Waals surface area contributed by atoms with E-state index in [1.807, 2.05) is 61.5 Å². The van der Waals surface area contributed by atoms with E-state index in [1.165, 1.54) is 11.8 Å². The molecule has 3 nitrogen and oxygen atoms in total. The van der Waals surface area contributed by atoms with Crippen LogP contribution in [0.5, 0.6) is 0 Å². The molecule has 0 aliphatic carbocycles. The van der Waals surface area contributed by atoms with Crippen molar-refractivity contribution in [2.24, 2.45) is 0 Å². The maximum Gasteiger partial charge on any atom is 0.292 e. The van der Waals surface area contributed by atoms with Gasteiger partial charge in [-0.2, -0.15) is 0 Å². The van der Waals surface area contributed by atoms with Crippen LogP contribution in [-0.2, 0) is 11.2 Å². The number of nitrogens with zero attached hydrogens (tertiary/aromatic N) is 1. The SMILES string of the molecule is Cc1ccc(CC(=O)C(Sc2cccc[n+]2O)c2ccccc2)cc1Cl. The topological polar surface area (TPSA) is 41.2 Å². The number of rotatable bonds is 6. The van der Waals surface area contributed by atoms with E-state index in [4.69, 9.17) is 11.6 Å². The van der Waals surface area contributed by atoms with Crippen LogP contribution in [0.25, 0.3) is 0 Å². The number of hydrogen-bond donors (Lipinski definition) is 1. The third-order valence-corrected chi connectivity index (χ3v) is 5.79. The predicted octanol–water partition coefficient (Wildman–Crippen LogP) is 4.82. The van der Waals surface area contributed by atoms with Crippen molar-refractivity contribution in [2.45, 2.75) is 23.6 Å². The van der Waals surface area contributed by atoms with E-state index in [2.05, 4.69) is 0 Å². The maximum absolute atomic E-state index is 13.1. The zero-order valence-corrected chi connectivity index (χ0v) is 15.9. The minimum absolute atomic E-state index is 0.0602. The van der Waals surface area contributed by atoms with Crippen molar-refractivity contribution >= 4 is 29.1 Å². The molecule has 3 aromatic rings. The second-order valence-electron chi connectivity index (χ2n) is 6.02. The monoisotopic (exact) mass is 384 g/mol. The summed E-state index contributed by atoms with van der Waals surface area (Å²) in [5, 5.41) is 10.9. The highest BCUT2D eigenvalue weighted by atomic mass is 35.5. The van der Waals surface area contributed by atoms with Gasteiger partial charge in [-0.3, -0.25) is 10.0 Å². The molecule has 26 heavy (non-hydrogen) atoms. The molecule has 0 spiro atoms. The van der Waals surface area contributed by atoms with Crippen LogP contribution in [0.2, 0.25) is 5.02 Å². The first-order chi connectivity index (χ1) is 12.5. The zero-order valence-electron chi connectivity index (χ0n) is 14.3. The van der Waals surface area contributed by atoms with Crippen LogP contribution < -0.4 is 4.73 Å². The van der Waals surface area contributed by atoms with Crippen LogP contribution in [-0.4, -0.2) is 11.0 Å². The Morgan fingerprint density at radius 1 is 1.12 bits per heavy atom. The van der Waals surface area contributed by atoms with Gasteiger partial charge in [-0.15, -0.1) is 0 Å². The van der Waals surface area contributed by atoms with E-state index in [9.17, 15) is 10.0 Å². The summed E-state index contributed by atoms with van der Waals surface area (Å²) in [5.41, 5.74) is 2.78. The Kier molecular flexibility index (Phi) is 5.96. The van der Waals surface area contributed by atoms with Crippen molar-refractivity contribution in [1.82, 2.24) is 0 Å². The number of carbonyl (C=O) groups is 1. The van der Waals surface area contributed by atoms with E-state index in [0.29, 0.717) is 10.0 Å². The summed E-state index contributed by atoms with van der Waals surface area (Å²) >= 11 is 7.53. The fraction of sp³-hybridized carbons (Fsp3) is 0.143. The maximum atomic E-state index is 13.1. The van der Waals surface area contributed by atoms with Crippen molar-refractivity contribution in [2.75, 3.05) is 0 Å². The molecule has 1 aromatic heterocycles. The van der Waals surface area contributed by atoms with Gasteiger partial charge in [0.2, 0.25) is 6.20 Å². The number of benzene rings is 2. The Morgan fingerprint density at radius 2 is 1.85 bits per heavy atom. The molecule has 1 atom stereocenters. The fourth-order valence-electron chi connectivity index (χ4n) is 2.62. The Hall–Kier alpha value is -2.30. The summed E-state index contributed by atoms with van der Waals surface area (Å²) in [4.78, 5) is 13.1. The smallest absolute Gasteiger partial charge is 0.292 e. The molecule has 3 rings (SSSR count). The molecule has 0 saturated carbocycles. The average Bonchev–Trinajstić information content (AvgIpc) is 2.64. The molecule has 0 aliphatic rings. The summed E-state index contributed by atoms with van der Waals surface area (Å²) in [6, 6.07) is 20.7. The van der Waals surface area contributed by atoms with E-state index in [-0.39, 0.29) is 12.2 Å². The van der Waals surface area contributed by atoms with Gasteiger partial charge in [0.25, 0.3) is 5.03 Å². The van der Waals surface area contributed by atoms with Crippen LogP contribution in [0.4, 0.5) is 0 Å². The summed E-state index contributed by atoms with van der Waals surface area (Å²) in [6.45, 7) is 1.94. The second-order valence-corrected chi connectivity index (χ2v) is 7.55. The summed E-state index contributed by atoms with van der Waals surface area (Å²) in [6.07, 6.45) is 1.83. The molecule has 0 aliphatic heterocycles. The van der Waals surface area contributed by atoms with E-state index in [1.54, 1.807) is 18.3 Å². The molecule has 0 saturated heterocycles. The van der Waals surface area contributed by atoms with Gasteiger partial charge in [-0.1, -0.05) is 54.1 Å². The quantitative estimate of drug-likeness (QED) is 0.376. The first-order valence-electron chi connectivity index (χ1n) is 8.24. The number of carbonyl (C=O) groups excluding carboxylic acids is 1. The Morgan fingerprint density at radius 3 is 2.54 bits per heavy atom.